The number of hydrogen-bond acceptors (Lipinski definition) is 0. The maximum Gasteiger partial charge on any atom is 2.00 e. The fraction of sp³-hybridized carbons (Fsp3) is 1.00. The predicted molar refractivity (Wildman–Crippen MR) is 110 cm³/mol. The largest absolute Gasteiger partial charge is 2.00 e. The van der Waals surface area contributed by atoms with E-state index < -0.39 is 0 Å². The van der Waals surface area contributed by atoms with Crippen molar-refractivity contribution in [2.45, 2.75) is 131 Å². The molecule has 0 aliphatic rings. The minimum atomic E-state index is 0. The Hall–Kier alpha value is 1.49. The van der Waals surface area contributed by atoms with Gasteiger partial charge in [-0.25, -0.2) is 0 Å². The van der Waals surface area contributed by atoms with Crippen molar-refractivity contribution in [3.63, 3.8) is 0 Å². The van der Waals surface area contributed by atoms with Gasteiger partial charge in [0.05, 0.1) is 0 Å². The molecule has 2 nitrogen and oxygen atoms in total. The minimum Gasteiger partial charge on any atom is -0.657 e. The van der Waals surface area contributed by atoms with Gasteiger partial charge in [0.25, 0.3) is 0 Å². The molecule has 0 aliphatic carbocycles. The molecule has 0 radical (unpaired) electrons. The van der Waals surface area contributed by atoms with E-state index in [1.807, 2.05) is 0 Å². The molecule has 3 heteroatoms. The van der Waals surface area contributed by atoms with Crippen LogP contribution in [0.1, 0.15) is 107 Å². The average Bonchev–Trinajstić information content (AvgIpc) is 2.58. The smallest absolute Gasteiger partial charge is 0.657 e. The second-order valence-corrected chi connectivity index (χ2v) is 6.18. The van der Waals surface area contributed by atoms with E-state index in [0.717, 1.165) is 0 Å². The van der Waals surface area contributed by atoms with Gasteiger partial charge < -0.3 is 10.6 Å². The number of nitrogens with zero attached hydrogens (tertiary/aromatic N) is 2. The Bertz CT molecular complexity index is 154. The zero-order valence-electron chi connectivity index (χ0n) is 17.6. The molecule has 0 heterocycles. The first kappa shape index (κ1) is 29.3. The van der Waals surface area contributed by atoms with E-state index in [2.05, 4.69) is 55.4 Å². The molecule has 0 aromatic rings. The molecule has 0 saturated heterocycles. The zero-order chi connectivity index (χ0) is 17.4. The summed E-state index contributed by atoms with van der Waals surface area (Å²) in [6.07, 6.45) is 9.61. The molecule has 0 rings (SSSR count). The molecule has 0 fully saturated rings. The maximum absolute atomic E-state index is 4.75. The quantitative estimate of drug-likeness (QED) is 0.284. The van der Waals surface area contributed by atoms with Crippen molar-refractivity contribution in [2.75, 3.05) is 0 Å². The topological polar surface area (TPSA) is 28.2 Å². The van der Waals surface area contributed by atoms with Crippen LogP contribution in [0.2, 0.25) is 0 Å². The van der Waals surface area contributed by atoms with E-state index in [1.54, 1.807) is 0 Å². The molecule has 0 atom stereocenters. The number of rotatable bonds is 12. The molecule has 0 unspecified atom stereocenters. The third-order valence-electron chi connectivity index (χ3n) is 4.61. The van der Waals surface area contributed by atoms with Gasteiger partial charge in [-0.15, -0.1) is 24.2 Å². The third-order valence-corrected chi connectivity index (χ3v) is 4.61. The molecule has 0 spiro atoms. The second-order valence-electron chi connectivity index (χ2n) is 6.18. The molecule has 0 aromatic carbocycles. The van der Waals surface area contributed by atoms with Crippen molar-refractivity contribution >= 4 is 48.9 Å². The molecule has 136 valence electrons. The Morgan fingerprint density at radius 1 is 0.391 bits per heavy atom. The molecule has 0 saturated carbocycles. The normalized spacial score (nSPS) is 11.0. The van der Waals surface area contributed by atoms with Crippen LogP contribution in [0.5, 0.6) is 0 Å². The molecule has 0 aromatic heterocycles. The summed E-state index contributed by atoms with van der Waals surface area (Å²) in [5, 5.41) is 9.50. The van der Waals surface area contributed by atoms with Crippen LogP contribution >= 0.6 is 0 Å². The Morgan fingerprint density at radius 2 is 0.522 bits per heavy atom. The summed E-state index contributed by atoms with van der Waals surface area (Å²) in [5.74, 6) is 0. The van der Waals surface area contributed by atoms with Crippen molar-refractivity contribution in [1.82, 2.24) is 0 Å². The first-order chi connectivity index (χ1) is 10.6. The molecule has 23 heavy (non-hydrogen) atoms. The fourth-order valence-corrected chi connectivity index (χ4v) is 2.59. The van der Waals surface area contributed by atoms with Gasteiger partial charge in [-0.1, -0.05) is 107 Å². The molecule has 0 bridgehead atoms. The summed E-state index contributed by atoms with van der Waals surface area (Å²) in [6.45, 7) is 17.8. The Morgan fingerprint density at radius 3 is 0.609 bits per heavy atom. The van der Waals surface area contributed by atoms with Gasteiger partial charge >= 0.3 is 48.9 Å². The van der Waals surface area contributed by atoms with Crippen molar-refractivity contribution in [3.8, 4) is 0 Å². The third kappa shape index (κ3) is 16.7. The Labute approximate surface area is 188 Å². The van der Waals surface area contributed by atoms with Crippen molar-refractivity contribution in [1.29, 1.82) is 0 Å². The van der Waals surface area contributed by atoms with E-state index >= 15 is 0 Å². The van der Waals surface area contributed by atoms with E-state index in [0.29, 0.717) is 24.2 Å². The van der Waals surface area contributed by atoms with Crippen molar-refractivity contribution in [2.24, 2.45) is 0 Å². The van der Waals surface area contributed by atoms with Gasteiger partial charge in [0, 0.05) is 0 Å². The van der Waals surface area contributed by atoms with Gasteiger partial charge in [-0.05, 0) is 0 Å². The summed E-state index contributed by atoms with van der Waals surface area (Å²) >= 11 is 0. The second kappa shape index (κ2) is 21.5. The maximum atomic E-state index is 4.75. The van der Waals surface area contributed by atoms with Gasteiger partial charge in [0.1, 0.15) is 0 Å². The first-order valence-corrected chi connectivity index (χ1v) is 9.96. The predicted octanol–water partition coefficient (Wildman–Crippen LogP) is 7.09. The van der Waals surface area contributed by atoms with Gasteiger partial charge in [-0.2, -0.15) is 0 Å². The van der Waals surface area contributed by atoms with Crippen LogP contribution in [-0.2, 0) is 0 Å². The minimum absolute atomic E-state index is 0. The summed E-state index contributed by atoms with van der Waals surface area (Å²) in [5.41, 5.74) is 0. The average molecular weight is 450 g/mol. The van der Waals surface area contributed by atoms with Crippen molar-refractivity contribution < 1.29 is 0 Å². The van der Waals surface area contributed by atoms with Crippen LogP contribution < -0.4 is 0 Å². The van der Waals surface area contributed by atoms with Crippen LogP contribution in [0.25, 0.3) is 10.6 Å². The van der Waals surface area contributed by atoms with Gasteiger partial charge in [0.2, 0.25) is 0 Å². The monoisotopic (exact) mass is 450 g/mol. The standard InChI is InChI=1S/2C10H22N.Ba/c2*1-5-9(6-2)11-10(7-3)8-4;/h2*9-10H,5-8H2,1-4H3;/q2*-1;+2. The number of hydrogen-bond donors (Lipinski definition) is 0. The summed E-state index contributed by atoms with van der Waals surface area (Å²) in [4.78, 5) is 0. The SMILES string of the molecule is CCC(CC)[N-]C(CC)CC.CCC(CC)[N-]C(CC)CC.[Ba+2]. The molecular formula is C20H44BaN2. The van der Waals surface area contributed by atoms with E-state index in [-0.39, 0.29) is 48.9 Å². The Balaban J connectivity index is -0.000000333. The summed E-state index contributed by atoms with van der Waals surface area (Å²) in [6, 6.07) is 2.44. The first-order valence-electron chi connectivity index (χ1n) is 9.96. The van der Waals surface area contributed by atoms with Gasteiger partial charge in [0.15, 0.2) is 0 Å². The molecule has 0 N–H and O–H groups in total. The van der Waals surface area contributed by atoms with Crippen LogP contribution in [0.15, 0.2) is 0 Å². The van der Waals surface area contributed by atoms with Crippen LogP contribution in [0.3, 0.4) is 0 Å². The zero-order valence-corrected chi connectivity index (χ0v) is 22.0. The molecule has 0 amide bonds. The molecule has 0 aliphatic heterocycles. The van der Waals surface area contributed by atoms with E-state index in [1.165, 1.54) is 51.4 Å². The fourth-order valence-electron chi connectivity index (χ4n) is 2.59. The van der Waals surface area contributed by atoms with Crippen LogP contribution in [0.4, 0.5) is 0 Å². The summed E-state index contributed by atoms with van der Waals surface area (Å²) in [7, 11) is 0. The van der Waals surface area contributed by atoms with E-state index in [4.69, 9.17) is 10.6 Å². The van der Waals surface area contributed by atoms with Crippen LogP contribution in [-0.4, -0.2) is 73.0 Å². The molecular weight excluding hydrogens is 406 g/mol. The van der Waals surface area contributed by atoms with Gasteiger partial charge in [-0.3, -0.25) is 0 Å². The van der Waals surface area contributed by atoms with Crippen molar-refractivity contribution in [3.05, 3.63) is 10.6 Å². The van der Waals surface area contributed by atoms with E-state index in [9.17, 15) is 0 Å². The Kier molecular flexibility index (Phi) is 27.4. The van der Waals surface area contributed by atoms with Crippen LogP contribution in [0, 0.1) is 0 Å². The summed E-state index contributed by atoms with van der Waals surface area (Å²) < 4.78 is 0.